The van der Waals surface area contributed by atoms with E-state index in [4.69, 9.17) is 4.74 Å². The number of hydrogen-bond acceptors (Lipinski definition) is 3. The number of imidazole rings is 1. The van der Waals surface area contributed by atoms with Gasteiger partial charge in [-0.05, 0) is 26.3 Å². The Morgan fingerprint density at radius 3 is 2.72 bits per heavy atom. The van der Waals surface area contributed by atoms with Gasteiger partial charge in [0.2, 0.25) is 0 Å². The van der Waals surface area contributed by atoms with Gasteiger partial charge in [0.1, 0.15) is 5.82 Å². The molecule has 0 radical (unpaired) electrons. The van der Waals surface area contributed by atoms with Gasteiger partial charge in [-0.15, -0.1) is 0 Å². The molecule has 1 aliphatic carbocycles. The van der Waals surface area contributed by atoms with Gasteiger partial charge >= 0.3 is 0 Å². The predicted octanol–water partition coefficient (Wildman–Crippen LogP) is 2.44. The van der Waals surface area contributed by atoms with Crippen LogP contribution >= 0.6 is 0 Å². The van der Waals surface area contributed by atoms with Gasteiger partial charge in [0.15, 0.2) is 0 Å². The topological polar surface area (TPSA) is 41.1 Å². The average molecular weight is 251 g/mol. The molecule has 1 saturated carbocycles. The molecule has 1 fully saturated rings. The first-order valence-electron chi connectivity index (χ1n) is 6.89. The maximum atomic E-state index is 5.65. The quantitative estimate of drug-likeness (QED) is 0.844. The Morgan fingerprint density at radius 1 is 1.50 bits per heavy atom. The van der Waals surface area contributed by atoms with Crippen molar-refractivity contribution in [3.05, 3.63) is 18.2 Å². The van der Waals surface area contributed by atoms with Crippen molar-refractivity contribution >= 4 is 0 Å². The number of ether oxygens (including phenoxy) is 1. The van der Waals surface area contributed by atoms with Crippen LogP contribution in [0.5, 0.6) is 0 Å². The van der Waals surface area contributed by atoms with Crippen molar-refractivity contribution in [2.24, 2.45) is 5.41 Å². The Balaban J connectivity index is 2.04. The lowest BCUT2D eigenvalue weighted by Gasteiger charge is -2.58. The molecule has 102 valence electrons. The molecule has 0 amide bonds. The largest absolute Gasteiger partial charge is 0.381 e. The van der Waals surface area contributed by atoms with Crippen LogP contribution in [0.2, 0.25) is 0 Å². The SMILES string of the molecule is CCC1(CC)[C@H](OC)C[C@H]1N(C)Cc1ncc[nH]1. The minimum atomic E-state index is 0.316. The molecule has 0 spiro atoms. The summed E-state index contributed by atoms with van der Waals surface area (Å²) in [4.78, 5) is 9.90. The minimum absolute atomic E-state index is 0.316. The number of aromatic nitrogens is 2. The third kappa shape index (κ3) is 2.08. The zero-order chi connectivity index (χ0) is 13.2. The van der Waals surface area contributed by atoms with Gasteiger partial charge in [-0.2, -0.15) is 0 Å². The molecule has 1 aromatic heterocycles. The lowest BCUT2D eigenvalue weighted by atomic mass is 9.58. The van der Waals surface area contributed by atoms with E-state index in [1.165, 1.54) is 12.8 Å². The van der Waals surface area contributed by atoms with Crippen LogP contribution in [0, 0.1) is 5.41 Å². The number of nitrogens with one attached hydrogen (secondary N) is 1. The molecule has 1 heterocycles. The highest BCUT2D eigenvalue weighted by Gasteiger charge is 2.54. The highest BCUT2D eigenvalue weighted by Crippen LogP contribution is 2.50. The smallest absolute Gasteiger partial charge is 0.120 e. The van der Waals surface area contributed by atoms with Gasteiger partial charge in [0.05, 0.1) is 12.6 Å². The first kappa shape index (κ1) is 13.6. The Hall–Kier alpha value is -0.870. The summed E-state index contributed by atoms with van der Waals surface area (Å²) in [5.41, 5.74) is 0.316. The van der Waals surface area contributed by atoms with Crippen molar-refractivity contribution < 1.29 is 4.74 Å². The standard InChI is InChI=1S/C14H25N3O/c1-5-14(6-2)11(9-12(14)18-4)17(3)10-13-15-7-8-16-13/h7-8,11-12H,5-6,9-10H2,1-4H3,(H,15,16)/t11-,12-/m1/s1. The van der Waals surface area contributed by atoms with Gasteiger partial charge in [0, 0.05) is 31.0 Å². The van der Waals surface area contributed by atoms with Crippen molar-refractivity contribution in [2.75, 3.05) is 14.2 Å². The fourth-order valence-electron chi connectivity index (χ4n) is 3.58. The summed E-state index contributed by atoms with van der Waals surface area (Å²) < 4.78 is 5.65. The van der Waals surface area contributed by atoms with Crippen LogP contribution in [0.4, 0.5) is 0 Å². The molecule has 0 bridgehead atoms. The predicted molar refractivity (Wildman–Crippen MR) is 72.3 cm³/mol. The van der Waals surface area contributed by atoms with Crippen LogP contribution < -0.4 is 0 Å². The zero-order valence-corrected chi connectivity index (χ0v) is 11.9. The van der Waals surface area contributed by atoms with E-state index >= 15 is 0 Å². The molecule has 4 heteroatoms. The monoisotopic (exact) mass is 251 g/mol. The fraction of sp³-hybridized carbons (Fsp3) is 0.786. The Labute approximate surface area is 110 Å². The van der Waals surface area contributed by atoms with Gasteiger partial charge in [-0.25, -0.2) is 4.98 Å². The van der Waals surface area contributed by atoms with E-state index in [0.29, 0.717) is 17.6 Å². The highest BCUT2D eigenvalue weighted by molar-refractivity contribution is 5.07. The molecule has 18 heavy (non-hydrogen) atoms. The normalized spacial score (nSPS) is 26.3. The van der Waals surface area contributed by atoms with Crippen molar-refractivity contribution in [3.8, 4) is 0 Å². The molecule has 0 saturated heterocycles. The maximum Gasteiger partial charge on any atom is 0.120 e. The van der Waals surface area contributed by atoms with Crippen LogP contribution in [0.25, 0.3) is 0 Å². The highest BCUT2D eigenvalue weighted by atomic mass is 16.5. The summed E-state index contributed by atoms with van der Waals surface area (Å²) in [7, 11) is 4.03. The number of nitrogens with zero attached hydrogens (tertiary/aromatic N) is 2. The summed E-state index contributed by atoms with van der Waals surface area (Å²) in [6.07, 6.45) is 7.60. The van der Waals surface area contributed by atoms with E-state index in [-0.39, 0.29) is 0 Å². The Kier molecular flexibility index (Phi) is 4.07. The van der Waals surface area contributed by atoms with Crippen molar-refractivity contribution in [1.29, 1.82) is 0 Å². The Morgan fingerprint density at radius 2 is 2.22 bits per heavy atom. The molecule has 1 aromatic rings. The van der Waals surface area contributed by atoms with Gasteiger partial charge in [-0.3, -0.25) is 4.90 Å². The van der Waals surface area contributed by atoms with Crippen LogP contribution in [-0.2, 0) is 11.3 Å². The molecule has 4 nitrogen and oxygen atoms in total. The Bertz CT molecular complexity index is 359. The van der Waals surface area contributed by atoms with Crippen LogP contribution in [0.15, 0.2) is 12.4 Å². The fourth-order valence-corrected chi connectivity index (χ4v) is 3.58. The van der Waals surface area contributed by atoms with Gasteiger partial charge in [-0.1, -0.05) is 13.8 Å². The molecule has 1 aliphatic rings. The van der Waals surface area contributed by atoms with Crippen LogP contribution in [-0.4, -0.2) is 41.2 Å². The molecular weight excluding hydrogens is 226 g/mol. The summed E-state index contributed by atoms with van der Waals surface area (Å²) >= 11 is 0. The van der Waals surface area contributed by atoms with E-state index in [2.05, 4.69) is 35.8 Å². The second-order valence-electron chi connectivity index (χ2n) is 5.37. The third-order valence-corrected chi connectivity index (χ3v) is 4.83. The maximum absolute atomic E-state index is 5.65. The first-order valence-corrected chi connectivity index (χ1v) is 6.89. The molecule has 0 unspecified atom stereocenters. The van der Waals surface area contributed by atoms with E-state index in [9.17, 15) is 0 Å². The molecule has 0 aromatic carbocycles. The van der Waals surface area contributed by atoms with Crippen molar-refractivity contribution in [1.82, 2.24) is 14.9 Å². The van der Waals surface area contributed by atoms with Crippen molar-refractivity contribution in [3.63, 3.8) is 0 Å². The van der Waals surface area contributed by atoms with E-state index < -0.39 is 0 Å². The van der Waals surface area contributed by atoms with Gasteiger partial charge < -0.3 is 9.72 Å². The van der Waals surface area contributed by atoms with Crippen molar-refractivity contribution in [2.45, 2.75) is 51.8 Å². The van der Waals surface area contributed by atoms with E-state index in [1.54, 1.807) is 0 Å². The summed E-state index contributed by atoms with van der Waals surface area (Å²) in [5.74, 6) is 1.04. The second-order valence-corrected chi connectivity index (χ2v) is 5.37. The summed E-state index contributed by atoms with van der Waals surface area (Å²) in [5, 5.41) is 0. The number of aromatic amines is 1. The average Bonchev–Trinajstić information content (AvgIpc) is 2.83. The molecule has 2 rings (SSSR count). The number of rotatable bonds is 6. The molecule has 2 atom stereocenters. The lowest BCUT2D eigenvalue weighted by molar-refractivity contribution is -0.158. The zero-order valence-electron chi connectivity index (χ0n) is 11.9. The third-order valence-electron chi connectivity index (χ3n) is 4.83. The summed E-state index contributed by atoms with van der Waals surface area (Å²) in [6, 6.07) is 0.600. The minimum Gasteiger partial charge on any atom is -0.381 e. The number of H-pyrrole nitrogens is 1. The van der Waals surface area contributed by atoms with Crippen LogP contribution in [0.3, 0.4) is 0 Å². The van der Waals surface area contributed by atoms with E-state index in [0.717, 1.165) is 18.8 Å². The number of methoxy groups -OCH3 is 1. The molecule has 1 N–H and O–H groups in total. The lowest BCUT2D eigenvalue weighted by Crippen LogP contribution is -2.63. The van der Waals surface area contributed by atoms with Crippen LogP contribution in [0.1, 0.15) is 38.9 Å². The first-order chi connectivity index (χ1) is 8.67. The summed E-state index contributed by atoms with van der Waals surface area (Å²) in [6.45, 7) is 5.45. The van der Waals surface area contributed by atoms with E-state index in [1.807, 2.05) is 19.5 Å². The van der Waals surface area contributed by atoms with Gasteiger partial charge in [0.25, 0.3) is 0 Å². The number of hydrogen-bond donors (Lipinski definition) is 1. The molecular formula is C14H25N3O. The molecule has 0 aliphatic heterocycles. The second kappa shape index (κ2) is 5.41.